The minimum atomic E-state index is -4.15. The molecule has 1 heterocycles. The fraction of sp³-hybridized carbons (Fsp3) is 0.286. The van der Waals surface area contributed by atoms with Crippen molar-refractivity contribution in [2.24, 2.45) is 0 Å². The van der Waals surface area contributed by atoms with Crippen LogP contribution in [0.4, 0.5) is 4.79 Å². The maximum Gasteiger partial charge on any atom is 0.515 e. The van der Waals surface area contributed by atoms with Crippen molar-refractivity contribution in [2.45, 2.75) is 43.6 Å². The van der Waals surface area contributed by atoms with Gasteiger partial charge in [0.1, 0.15) is 11.9 Å². The third kappa shape index (κ3) is 7.79. The van der Waals surface area contributed by atoms with Gasteiger partial charge in [0.05, 0.1) is 17.1 Å². The first-order valence-electron chi connectivity index (χ1n) is 12.7. The van der Waals surface area contributed by atoms with Crippen molar-refractivity contribution < 1.29 is 37.0 Å². The summed E-state index contributed by atoms with van der Waals surface area (Å²) in [5.74, 6) is -0.507. The van der Waals surface area contributed by atoms with Gasteiger partial charge in [-0.15, -0.1) is 0 Å². The molecule has 40 heavy (non-hydrogen) atoms. The smallest absolute Gasteiger partial charge is 0.494 e. The number of hydrogen-bond donors (Lipinski definition) is 2. The van der Waals surface area contributed by atoms with Gasteiger partial charge in [0, 0.05) is 24.4 Å². The highest BCUT2D eigenvalue weighted by Gasteiger charge is 2.23. The Morgan fingerprint density at radius 1 is 0.925 bits per heavy atom. The molecule has 0 unspecified atom stereocenters. The molecule has 2 N–H and O–H groups in total. The monoisotopic (exact) mass is 567 g/mol. The summed E-state index contributed by atoms with van der Waals surface area (Å²) in [5.41, 5.74) is 1.26. The van der Waals surface area contributed by atoms with E-state index in [1.807, 2.05) is 11.6 Å². The fourth-order valence-electron chi connectivity index (χ4n) is 3.68. The molecule has 3 aromatic rings. The molecular weight excluding hydrogens is 538 g/mol. The van der Waals surface area contributed by atoms with E-state index in [1.165, 1.54) is 24.3 Å². The summed E-state index contributed by atoms with van der Waals surface area (Å²) in [4.78, 5) is 40.3. The first-order chi connectivity index (χ1) is 19.2. The number of aromatic nitrogens is 1. The average Bonchev–Trinajstić information content (AvgIpc) is 2.92. The van der Waals surface area contributed by atoms with Crippen LogP contribution in [0.5, 0.6) is 11.6 Å². The summed E-state index contributed by atoms with van der Waals surface area (Å²) >= 11 is 0. The number of amides is 2. The third-order valence-electron chi connectivity index (χ3n) is 6.09. The maximum absolute atomic E-state index is 12.7. The van der Waals surface area contributed by atoms with Crippen molar-refractivity contribution in [1.29, 1.82) is 0 Å². The normalized spacial score (nSPS) is 13.0. The first kappa shape index (κ1) is 28.6. The van der Waals surface area contributed by atoms with Gasteiger partial charge in [-0.05, 0) is 80.6 Å². The number of benzene rings is 2. The van der Waals surface area contributed by atoms with Gasteiger partial charge in [-0.1, -0.05) is 12.1 Å². The standard InChI is InChI=1S/C28H29N3O8S/c1-2-37-22-11-8-20(9-12-22)26(32)29-17-16-19-6-13-24(14-7-19)40(35,36)31-27(33)21-10-15-25(30-18-21)39-28(34)38-23-4-3-5-23/h6-15,18,23H,2-5,16-17H2,1H3,(H,29,32)(H,31,33). The van der Waals surface area contributed by atoms with Gasteiger partial charge in [-0.25, -0.2) is 22.9 Å². The minimum absolute atomic E-state index is 0.0387. The number of ether oxygens (including phenoxy) is 3. The Bertz CT molecular complexity index is 1440. The van der Waals surface area contributed by atoms with Crippen molar-refractivity contribution in [3.8, 4) is 11.6 Å². The van der Waals surface area contributed by atoms with Crippen LogP contribution < -0.4 is 19.5 Å². The zero-order valence-corrected chi connectivity index (χ0v) is 22.6. The van der Waals surface area contributed by atoms with E-state index in [1.54, 1.807) is 36.4 Å². The Morgan fingerprint density at radius 2 is 1.62 bits per heavy atom. The van der Waals surface area contributed by atoms with E-state index in [-0.39, 0.29) is 28.4 Å². The number of nitrogens with one attached hydrogen (secondary N) is 2. The molecule has 0 atom stereocenters. The van der Waals surface area contributed by atoms with Crippen molar-refractivity contribution in [2.75, 3.05) is 13.2 Å². The van der Waals surface area contributed by atoms with E-state index in [0.717, 1.165) is 31.0 Å². The third-order valence-corrected chi connectivity index (χ3v) is 7.44. The summed E-state index contributed by atoms with van der Waals surface area (Å²) in [6.07, 6.45) is 3.14. The zero-order chi connectivity index (χ0) is 28.5. The second kappa shape index (κ2) is 13.1. The molecule has 11 nitrogen and oxygen atoms in total. The number of pyridine rings is 1. The lowest BCUT2D eigenvalue weighted by Gasteiger charge is -2.24. The van der Waals surface area contributed by atoms with Crippen LogP contribution >= 0.6 is 0 Å². The lowest BCUT2D eigenvalue weighted by atomic mass is 9.96. The molecule has 4 rings (SSSR count). The molecule has 2 amide bonds. The van der Waals surface area contributed by atoms with Crippen molar-refractivity contribution >= 4 is 28.0 Å². The lowest BCUT2D eigenvalue weighted by Crippen LogP contribution is -2.30. The second-order valence-corrected chi connectivity index (χ2v) is 10.6. The van der Waals surface area contributed by atoms with E-state index >= 15 is 0 Å². The molecule has 1 fully saturated rings. The lowest BCUT2D eigenvalue weighted by molar-refractivity contribution is 0.0219. The van der Waals surface area contributed by atoms with Crippen LogP contribution in [0.2, 0.25) is 0 Å². The molecule has 0 spiro atoms. The molecule has 0 aliphatic heterocycles. The Morgan fingerprint density at radius 3 is 2.23 bits per heavy atom. The number of carbonyl (C=O) groups excluding carboxylic acids is 3. The van der Waals surface area contributed by atoms with E-state index < -0.39 is 22.1 Å². The fourth-order valence-corrected chi connectivity index (χ4v) is 4.65. The molecule has 1 aromatic heterocycles. The molecule has 210 valence electrons. The molecule has 2 aromatic carbocycles. The van der Waals surface area contributed by atoms with Crippen LogP contribution in [0.25, 0.3) is 0 Å². The summed E-state index contributed by atoms with van der Waals surface area (Å²) in [6, 6.07) is 15.3. The highest BCUT2D eigenvalue weighted by molar-refractivity contribution is 7.90. The highest BCUT2D eigenvalue weighted by atomic mass is 32.2. The first-order valence-corrected chi connectivity index (χ1v) is 14.2. The van der Waals surface area contributed by atoms with Crippen LogP contribution in [-0.4, -0.2) is 50.6 Å². The van der Waals surface area contributed by atoms with Crippen molar-refractivity contribution in [3.05, 3.63) is 83.6 Å². The predicted octanol–water partition coefficient (Wildman–Crippen LogP) is 3.64. The van der Waals surface area contributed by atoms with Crippen LogP contribution in [0, 0.1) is 0 Å². The number of rotatable bonds is 11. The van der Waals surface area contributed by atoms with E-state index in [0.29, 0.717) is 30.9 Å². The quantitative estimate of drug-likeness (QED) is 0.331. The molecular formula is C28H29N3O8S. The number of carbonyl (C=O) groups is 3. The van der Waals surface area contributed by atoms with Gasteiger partial charge in [0.2, 0.25) is 5.88 Å². The van der Waals surface area contributed by atoms with E-state index in [4.69, 9.17) is 14.2 Å². The molecule has 1 aliphatic carbocycles. The van der Waals surface area contributed by atoms with E-state index in [9.17, 15) is 22.8 Å². The Labute approximate surface area is 231 Å². The second-order valence-electron chi connectivity index (χ2n) is 8.95. The number of sulfonamides is 1. The average molecular weight is 568 g/mol. The SMILES string of the molecule is CCOc1ccc(C(=O)NCCc2ccc(S(=O)(=O)NC(=O)c3ccc(OC(=O)OC4CCC4)nc3)cc2)cc1. The van der Waals surface area contributed by atoms with Gasteiger partial charge in [0.25, 0.3) is 21.8 Å². The molecule has 12 heteroatoms. The predicted molar refractivity (Wildman–Crippen MR) is 144 cm³/mol. The number of nitrogens with zero attached hydrogens (tertiary/aromatic N) is 1. The minimum Gasteiger partial charge on any atom is -0.494 e. The van der Waals surface area contributed by atoms with Crippen molar-refractivity contribution in [1.82, 2.24) is 15.0 Å². The Kier molecular flexibility index (Phi) is 9.33. The topological polar surface area (TPSA) is 150 Å². The molecule has 1 saturated carbocycles. The zero-order valence-electron chi connectivity index (χ0n) is 21.8. The molecule has 1 aliphatic rings. The van der Waals surface area contributed by atoms with Crippen LogP contribution in [-0.2, 0) is 21.2 Å². The van der Waals surface area contributed by atoms with Crippen LogP contribution in [0.1, 0.15) is 52.5 Å². The summed E-state index contributed by atoms with van der Waals surface area (Å²) in [5, 5.41) is 2.82. The Balaban J connectivity index is 1.25. The van der Waals surface area contributed by atoms with Gasteiger partial charge >= 0.3 is 6.16 Å². The summed E-state index contributed by atoms with van der Waals surface area (Å²) < 4.78 is 42.8. The number of hydrogen-bond acceptors (Lipinski definition) is 9. The van der Waals surface area contributed by atoms with Gasteiger partial charge < -0.3 is 19.5 Å². The van der Waals surface area contributed by atoms with Crippen LogP contribution in [0.3, 0.4) is 0 Å². The Hall–Kier alpha value is -4.45. The van der Waals surface area contributed by atoms with E-state index in [2.05, 4.69) is 10.3 Å². The molecule has 0 bridgehead atoms. The van der Waals surface area contributed by atoms with Gasteiger partial charge in [-0.2, -0.15) is 0 Å². The van der Waals surface area contributed by atoms with Crippen LogP contribution in [0.15, 0.2) is 71.8 Å². The largest absolute Gasteiger partial charge is 0.515 e. The summed E-state index contributed by atoms with van der Waals surface area (Å²) in [7, 11) is -4.15. The maximum atomic E-state index is 12.7. The highest BCUT2D eigenvalue weighted by Crippen LogP contribution is 2.22. The van der Waals surface area contributed by atoms with Crippen molar-refractivity contribution in [3.63, 3.8) is 0 Å². The molecule has 0 saturated heterocycles. The van der Waals surface area contributed by atoms with Gasteiger partial charge in [-0.3, -0.25) is 9.59 Å². The summed E-state index contributed by atoms with van der Waals surface area (Å²) in [6.45, 7) is 2.77. The van der Waals surface area contributed by atoms with Gasteiger partial charge in [0.15, 0.2) is 0 Å². The molecule has 0 radical (unpaired) electrons.